The number of aromatic amines is 1. The topological polar surface area (TPSA) is 112 Å². The van der Waals surface area contributed by atoms with Gasteiger partial charge in [0, 0.05) is 44.1 Å². The van der Waals surface area contributed by atoms with Gasteiger partial charge in [-0.1, -0.05) is 18.2 Å². The molecule has 3 amide bonds. The van der Waals surface area contributed by atoms with Crippen molar-refractivity contribution in [3.05, 3.63) is 41.9 Å². The molecule has 3 heterocycles. The predicted molar refractivity (Wildman–Crippen MR) is 102 cm³/mol. The number of rotatable bonds is 3. The minimum absolute atomic E-state index is 0.0465. The average Bonchev–Trinajstić information content (AvgIpc) is 3.33. The number of tetrazole rings is 1. The van der Waals surface area contributed by atoms with Gasteiger partial charge in [0.15, 0.2) is 5.82 Å². The number of piperazine rings is 1. The monoisotopic (exact) mass is 382 g/mol. The van der Waals surface area contributed by atoms with Crippen molar-refractivity contribution in [2.24, 2.45) is 7.05 Å². The number of aryl methyl sites for hydroxylation is 1. The Morgan fingerprint density at radius 3 is 2.54 bits per heavy atom. The van der Waals surface area contributed by atoms with Gasteiger partial charge in [-0.15, -0.1) is 5.10 Å². The number of hydrogen-bond acceptors (Lipinski definition) is 5. The van der Waals surface area contributed by atoms with Crippen LogP contribution in [0.25, 0.3) is 10.9 Å². The number of nitrogens with one attached hydrogen (secondary N) is 2. The zero-order chi connectivity index (χ0) is 19.7. The molecule has 0 saturated carbocycles. The van der Waals surface area contributed by atoms with Crippen molar-refractivity contribution < 1.29 is 9.59 Å². The molecule has 0 spiro atoms. The molecule has 1 aromatic carbocycles. The zero-order valence-electron chi connectivity index (χ0n) is 15.8. The van der Waals surface area contributed by atoms with Crippen LogP contribution in [0.2, 0.25) is 0 Å². The summed E-state index contributed by atoms with van der Waals surface area (Å²) in [6, 6.07) is 9.17. The van der Waals surface area contributed by atoms with Gasteiger partial charge in [0.1, 0.15) is 5.69 Å². The Hall–Kier alpha value is -3.43. The number of para-hydroxylation sites is 1. The lowest BCUT2D eigenvalue weighted by atomic mass is 10.2. The van der Waals surface area contributed by atoms with Crippen LogP contribution in [0.5, 0.6) is 0 Å². The number of fused-ring (bicyclic) bond motifs is 1. The number of benzene rings is 1. The lowest BCUT2D eigenvalue weighted by Crippen LogP contribution is -2.53. The third-order valence-corrected chi connectivity index (χ3v) is 4.99. The summed E-state index contributed by atoms with van der Waals surface area (Å²) in [4.78, 5) is 31.9. The highest BCUT2D eigenvalue weighted by Crippen LogP contribution is 2.17. The molecule has 146 valence electrons. The third kappa shape index (κ3) is 3.40. The van der Waals surface area contributed by atoms with E-state index < -0.39 is 0 Å². The fourth-order valence-corrected chi connectivity index (χ4v) is 3.42. The highest BCUT2D eigenvalue weighted by atomic mass is 16.2. The molecule has 1 fully saturated rings. The van der Waals surface area contributed by atoms with Gasteiger partial charge in [0.25, 0.3) is 5.91 Å². The predicted octanol–water partition coefficient (Wildman–Crippen LogP) is 0.920. The standard InChI is InChI=1S/C18H22N8O2/c1-12(16-21-22-23-24(16)2)19-18(28)26-9-7-25(8-10-26)17(27)15-11-13-5-3-4-6-14(13)20-15/h3-6,11-12,20H,7-10H2,1-2H3,(H,19,28)/t12-/m1/s1. The average molecular weight is 382 g/mol. The first-order valence-electron chi connectivity index (χ1n) is 9.17. The van der Waals surface area contributed by atoms with Crippen molar-refractivity contribution in [2.45, 2.75) is 13.0 Å². The summed E-state index contributed by atoms with van der Waals surface area (Å²) in [7, 11) is 1.73. The van der Waals surface area contributed by atoms with Crippen molar-refractivity contribution in [1.29, 1.82) is 0 Å². The molecule has 1 aliphatic heterocycles. The van der Waals surface area contributed by atoms with Gasteiger partial charge in [-0.05, 0) is 29.5 Å². The number of urea groups is 1. The summed E-state index contributed by atoms with van der Waals surface area (Å²) in [5.41, 5.74) is 1.51. The van der Waals surface area contributed by atoms with Crippen LogP contribution in [0.4, 0.5) is 4.79 Å². The molecule has 0 bridgehead atoms. The number of carbonyl (C=O) groups excluding carboxylic acids is 2. The quantitative estimate of drug-likeness (QED) is 0.700. The summed E-state index contributed by atoms with van der Waals surface area (Å²) in [5.74, 6) is 0.538. The van der Waals surface area contributed by atoms with Crippen molar-refractivity contribution in [2.75, 3.05) is 26.2 Å². The molecular weight excluding hydrogens is 360 g/mol. The van der Waals surface area contributed by atoms with Crippen LogP contribution in [0.15, 0.2) is 30.3 Å². The zero-order valence-corrected chi connectivity index (χ0v) is 15.8. The second kappa shape index (κ2) is 7.29. The van der Waals surface area contributed by atoms with Crippen molar-refractivity contribution >= 4 is 22.8 Å². The van der Waals surface area contributed by atoms with Gasteiger partial charge in [-0.2, -0.15) is 0 Å². The smallest absolute Gasteiger partial charge is 0.318 e. The number of hydrogen-bond donors (Lipinski definition) is 2. The van der Waals surface area contributed by atoms with Crippen LogP contribution < -0.4 is 5.32 Å². The first-order chi connectivity index (χ1) is 13.5. The number of carbonyl (C=O) groups is 2. The SMILES string of the molecule is C[C@@H](NC(=O)N1CCN(C(=O)c2cc3ccccc3[nH]2)CC1)c1nnnn1C. The normalized spacial score (nSPS) is 15.6. The van der Waals surface area contributed by atoms with E-state index in [9.17, 15) is 9.59 Å². The molecule has 1 atom stereocenters. The van der Waals surface area contributed by atoms with Gasteiger partial charge >= 0.3 is 6.03 Å². The molecule has 0 aliphatic carbocycles. The molecule has 28 heavy (non-hydrogen) atoms. The second-order valence-electron chi connectivity index (χ2n) is 6.88. The molecule has 3 aromatic rings. The Labute approximate surface area is 161 Å². The van der Waals surface area contributed by atoms with Gasteiger partial charge in [0.2, 0.25) is 0 Å². The van der Waals surface area contributed by atoms with E-state index in [0.29, 0.717) is 37.7 Å². The molecule has 10 nitrogen and oxygen atoms in total. The maximum Gasteiger partial charge on any atom is 0.318 e. The van der Waals surface area contributed by atoms with Gasteiger partial charge in [0.05, 0.1) is 6.04 Å². The van der Waals surface area contributed by atoms with Crippen molar-refractivity contribution in [3.63, 3.8) is 0 Å². The second-order valence-corrected chi connectivity index (χ2v) is 6.88. The largest absolute Gasteiger partial charge is 0.351 e. The van der Waals surface area contributed by atoms with E-state index in [1.54, 1.807) is 16.8 Å². The maximum atomic E-state index is 12.8. The van der Waals surface area contributed by atoms with E-state index in [0.717, 1.165) is 10.9 Å². The molecule has 1 saturated heterocycles. The summed E-state index contributed by atoms with van der Waals surface area (Å²) in [6.07, 6.45) is 0. The number of H-pyrrole nitrogens is 1. The molecule has 10 heteroatoms. The number of aromatic nitrogens is 5. The lowest BCUT2D eigenvalue weighted by molar-refractivity contribution is 0.0658. The van der Waals surface area contributed by atoms with Crippen LogP contribution >= 0.6 is 0 Å². The fraction of sp³-hybridized carbons (Fsp3) is 0.389. The van der Waals surface area contributed by atoms with Crippen molar-refractivity contribution in [3.8, 4) is 0 Å². The number of nitrogens with zero attached hydrogens (tertiary/aromatic N) is 6. The number of amides is 3. The van der Waals surface area contributed by atoms with E-state index >= 15 is 0 Å². The van der Waals surface area contributed by atoms with E-state index in [1.807, 2.05) is 37.3 Å². The van der Waals surface area contributed by atoms with Gasteiger partial charge in [-0.3, -0.25) is 4.79 Å². The van der Waals surface area contributed by atoms with E-state index in [1.165, 1.54) is 4.68 Å². The van der Waals surface area contributed by atoms with Crippen LogP contribution in [-0.2, 0) is 7.05 Å². The summed E-state index contributed by atoms with van der Waals surface area (Å²) in [5, 5.41) is 15.2. The summed E-state index contributed by atoms with van der Waals surface area (Å²) < 4.78 is 1.53. The summed E-state index contributed by atoms with van der Waals surface area (Å²) >= 11 is 0. The Morgan fingerprint density at radius 1 is 1.14 bits per heavy atom. The van der Waals surface area contributed by atoms with E-state index in [2.05, 4.69) is 25.8 Å². The van der Waals surface area contributed by atoms with Gasteiger partial charge < -0.3 is 20.1 Å². The molecule has 2 aromatic heterocycles. The molecular formula is C18H22N8O2. The molecule has 4 rings (SSSR count). The Kier molecular flexibility index (Phi) is 4.68. The maximum absolute atomic E-state index is 12.8. The fourth-order valence-electron chi connectivity index (χ4n) is 3.42. The van der Waals surface area contributed by atoms with E-state index in [4.69, 9.17) is 0 Å². The van der Waals surface area contributed by atoms with Crippen molar-refractivity contribution in [1.82, 2.24) is 40.3 Å². The Bertz CT molecular complexity index is 969. The first kappa shape index (κ1) is 18.0. The van der Waals surface area contributed by atoms with Crippen LogP contribution in [-0.4, -0.2) is 73.1 Å². The molecule has 2 N–H and O–H groups in total. The van der Waals surface area contributed by atoms with E-state index in [-0.39, 0.29) is 18.0 Å². The van der Waals surface area contributed by atoms with Gasteiger partial charge in [-0.25, -0.2) is 9.48 Å². The highest BCUT2D eigenvalue weighted by Gasteiger charge is 2.27. The lowest BCUT2D eigenvalue weighted by Gasteiger charge is -2.35. The van der Waals surface area contributed by atoms with Crippen LogP contribution in [0.1, 0.15) is 29.3 Å². The molecule has 0 radical (unpaired) electrons. The first-order valence-corrected chi connectivity index (χ1v) is 9.17. The Balaban J connectivity index is 1.34. The summed E-state index contributed by atoms with van der Waals surface area (Å²) in [6.45, 7) is 3.76. The minimum Gasteiger partial charge on any atom is -0.351 e. The molecule has 0 unspecified atom stereocenters. The third-order valence-electron chi connectivity index (χ3n) is 4.99. The highest BCUT2D eigenvalue weighted by molar-refractivity contribution is 5.98. The minimum atomic E-state index is -0.307. The Morgan fingerprint density at radius 2 is 1.86 bits per heavy atom. The molecule has 1 aliphatic rings. The van der Waals surface area contributed by atoms with Crippen LogP contribution in [0, 0.1) is 0 Å². The van der Waals surface area contributed by atoms with Crippen LogP contribution in [0.3, 0.4) is 0 Å².